The monoisotopic (exact) mass is 1020 g/mol. The SMILES string of the molecule is [2H]c1c([2H])c([2H])c2c(oc3c2c([2H])c([2H])c2c4c([2H])c(C([2H])([2H])[2H])c([2H])c([2H])c4n(-c4c(C#N)c(-n5c6ccccc6c6ccccc65)c(-n5c6ccc(C)cc6c6ccc7c8ccccc8sc7c65)c(-n5c6ccccc6c6ccccc65)c4[N+]#[C-])c32)c1[2H]. The number of hydrogen-bond acceptors (Lipinski definition) is 3. The molecule has 78 heavy (non-hydrogen) atoms. The molecule has 0 bridgehead atoms. The lowest BCUT2D eigenvalue weighted by molar-refractivity contribution is 0.671. The van der Waals surface area contributed by atoms with Crippen molar-refractivity contribution < 1.29 is 20.9 Å². The van der Waals surface area contributed by atoms with Crippen molar-refractivity contribution in [2.45, 2.75) is 13.8 Å². The van der Waals surface area contributed by atoms with E-state index in [4.69, 9.17) is 11.3 Å². The molecule has 0 spiro atoms. The standard InChI is InChI=1S/C70H40N6OS/c1-39-28-34-58-51(36-39)47-30-32-49-45-20-8-14-26-60(45)77-69(49)65(47)75(58)63-53(38-71)64(73-54-22-10-4-16-41(54)42-17-5-11-23-55(42)73)68(67(62(63)72-3)74-56-24-12-6-18-43(56)44-19-7-13-25-57(44)74)76-59-35-29-40(2)37-52(59)48-31-33-50-46-21-9-15-27-61(46)78-70(50)66(48)76/h4-37H,1-2H3/i1D3,8D,14D,20D,26D,28D,30D,32D,34D,36D. The molecule has 0 unspecified atom stereocenters. The number of aryl methyl sites for hydroxylation is 1. The zero-order valence-electron chi connectivity index (χ0n) is 52.9. The molecular weight excluding hydrogens is 973 g/mol. The minimum absolute atomic E-state index is 0.191. The van der Waals surface area contributed by atoms with E-state index in [1.807, 2.05) is 131 Å². The van der Waals surface area contributed by atoms with Gasteiger partial charge in [-0.1, -0.05) is 151 Å². The fourth-order valence-electron chi connectivity index (χ4n) is 12.6. The quantitative estimate of drug-likeness (QED) is 0.165. The lowest BCUT2D eigenvalue weighted by atomic mass is 10.0. The maximum absolute atomic E-state index is 12.9. The van der Waals surface area contributed by atoms with E-state index in [-0.39, 0.29) is 72.1 Å². The molecule has 6 heterocycles. The van der Waals surface area contributed by atoms with E-state index in [9.17, 15) is 21.4 Å². The lowest BCUT2D eigenvalue weighted by Gasteiger charge is -2.27. The normalized spacial score (nSPS) is 14.6. The third-order valence-corrected chi connectivity index (χ3v) is 16.9. The van der Waals surface area contributed by atoms with Gasteiger partial charge in [0.15, 0.2) is 5.58 Å². The molecule has 0 atom stereocenters. The number of nitriles is 1. The van der Waals surface area contributed by atoms with Gasteiger partial charge in [-0.3, -0.25) is 0 Å². The Morgan fingerprint density at radius 1 is 0.500 bits per heavy atom. The van der Waals surface area contributed by atoms with Gasteiger partial charge < -0.3 is 22.7 Å². The number of furan rings is 1. The lowest BCUT2D eigenvalue weighted by Crippen LogP contribution is -2.14. The number of thiophene rings is 1. The molecule has 0 saturated carbocycles. The Labute approximate surface area is 465 Å². The van der Waals surface area contributed by atoms with Gasteiger partial charge >= 0.3 is 0 Å². The molecule has 17 rings (SSSR count). The molecule has 7 nitrogen and oxygen atoms in total. The summed E-state index contributed by atoms with van der Waals surface area (Å²) in [7, 11) is 0. The Kier molecular flexibility index (Phi) is 6.56. The maximum Gasteiger partial charge on any atom is 0.237 e. The second-order valence-electron chi connectivity index (χ2n) is 19.7. The van der Waals surface area contributed by atoms with Gasteiger partial charge in [0.2, 0.25) is 5.69 Å². The topological polar surface area (TPSA) is 61.0 Å². The summed E-state index contributed by atoms with van der Waals surface area (Å²) in [6, 6.07) is 46.4. The predicted molar refractivity (Wildman–Crippen MR) is 324 cm³/mol. The van der Waals surface area contributed by atoms with Crippen molar-refractivity contribution in [1.82, 2.24) is 18.3 Å². The summed E-state index contributed by atoms with van der Waals surface area (Å²) in [5, 5.41) is 18.8. The van der Waals surface area contributed by atoms with E-state index in [0.717, 1.165) is 69.1 Å². The van der Waals surface area contributed by atoms with E-state index in [2.05, 4.69) is 51.9 Å². The van der Waals surface area contributed by atoms with Crippen LogP contribution in [-0.2, 0) is 0 Å². The van der Waals surface area contributed by atoms with E-state index in [1.54, 1.807) is 11.3 Å². The van der Waals surface area contributed by atoms with Crippen LogP contribution < -0.4 is 0 Å². The fourth-order valence-corrected chi connectivity index (χ4v) is 13.8. The molecule has 0 aliphatic heterocycles. The van der Waals surface area contributed by atoms with Gasteiger partial charge in [-0.25, -0.2) is 4.85 Å². The van der Waals surface area contributed by atoms with E-state index >= 15 is 0 Å². The highest BCUT2D eigenvalue weighted by Gasteiger charge is 2.36. The first-order valence-corrected chi connectivity index (χ1v) is 26.0. The summed E-state index contributed by atoms with van der Waals surface area (Å²) in [6.07, 6.45) is 0. The molecule has 17 aromatic rings. The van der Waals surface area contributed by atoms with Gasteiger partial charge in [-0.05, 0) is 80.4 Å². The van der Waals surface area contributed by atoms with Crippen molar-refractivity contribution in [3.05, 3.63) is 234 Å². The number of fused-ring (bicyclic) bond motifs is 20. The summed E-state index contributed by atoms with van der Waals surface area (Å²) < 4.78 is 128. The third kappa shape index (κ3) is 5.48. The van der Waals surface area contributed by atoms with Gasteiger partial charge in [-0.15, -0.1) is 11.3 Å². The molecule has 6 aromatic heterocycles. The average molecular weight is 1030 g/mol. The van der Waals surface area contributed by atoms with Crippen molar-refractivity contribution >= 4 is 146 Å². The maximum atomic E-state index is 12.9. The Bertz CT molecular complexity index is 6060. The van der Waals surface area contributed by atoms with Gasteiger partial charge in [0.1, 0.15) is 11.7 Å². The fraction of sp³-hybridized carbons (Fsp3) is 0.0286. The third-order valence-electron chi connectivity index (χ3n) is 15.7. The van der Waals surface area contributed by atoms with Crippen molar-refractivity contribution in [2.24, 2.45) is 0 Å². The van der Waals surface area contributed by atoms with Crippen molar-refractivity contribution in [2.75, 3.05) is 0 Å². The largest absolute Gasteiger partial charge is 0.454 e. The first-order valence-electron chi connectivity index (χ1n) is 31.2. The predicted octanol–water partition coefficient (Wildman–Crippen LogP) is 19.4. The average Bonchev–Trinajstić information content (AvgIpc) is 1.49. The summed E-state index contributed by atoms with van der Waals surface area (Å²) >= 11 is 1.62. The van der Waals surface area contributed by atoms with E-state index < -0.39 is 66.8 Å². The van der Waals surface area contributed by atoms with Crippen LogP contribution in [0.3, 0.4) is 0 Å². The minimum Gasteiger partial charge on any atom is -0.454 e. The second kappa shape index (κ2) is 15.6. The first-order chi connectivity index (χ1) is 43.5. The first kappa shape index (κ1) is 32.8. The molecule has 0 aliphatic carbocycles. The highest BCUT2D eigenvalue weighted by atomic mass is 32.1. The van der Waals surface area contributed by atoms with Gasteiger partial charge in [0.05, 0.1) is 96.1 Å². The van der Waals surface area contributed by atoms with Crippen LogP contribution in [0.4, 0.5) is 5.69 Å². The highest BCUT2D eigenvalue weighted by Crippen LogP contribution is 2.54. The van der Waals surface area contributed by atoms with Crippen LogP contribution in [0, 0.1) is 31.7 Å². The number of para-hydroxylation sites is 5. The molecule has 0 radical (unpaired) electrons. The molecule has 0 N–H and O–H groups in total. The Hall–Kier alpha value is -10.4. The molecular formula is C70H40N6OS. The van der Waals surface area contributed by atoms with Crippen LogP contribution in [0.2, 0.25) is 0 Å². The van der Waals surface area contributed by atoms with Gasteiger partial charge in [0.25, 0.3) is 0 Å². The van der Waals surface area contributed by atoms with Crippen molar-refractivity contribution in [3.8, 4) is 28.8 Å². The van der Waals surface area contributed by atoms with Gasteiger partial charge in [0, 0.05) is 73.4 Å². The van der Waals surface area contributed by atoms with E-state index in [1.165, 1.54) is 4.57 Å². The zero-order valence-corrected chi connectivity index (χ0v) is 41.8. The van der Waals surface area contributed by atoms with E-state index in [0.29, 0.717) is 27.8 Å². The summed E-state index contributed by atoms with van der Waals surface area (Å²) in [6.45, 7) is 8.86. The summed E-state index contributed by atoms with van der Waals surface area (Å²) in [5.74, 6) is 0. The molecule has 362 valence electrons. The van der Waals surface area contributed by atoms with Crippen LogP contribution in [0.1, 0.15) is 33.1 Å². The molecule has 0 aliphatic rings. The number of hydrogen-bond donors (Lipinski definition) is 0. The van der Waals surface area contributed by atoms with Gasteiger partial charge in [-0.2, -0.15) is 5.26 Å². The molecule has 0 fully saturated rings. The van der Waals surface area contributed by atoms with Crippen LogP contribution in [-0.4, -0.2) is 18.3 Å². The van der Waals surface area contributed by atoms with Crippen LogP contribution in [0.25, 0.3) is 157 Å². The molecule has 8 heteroatoms. The number of rotatable bonds is 4. The Morgan fingerprint density at radius 3 is 1.78 bits per heavy atom. The molecule has 0 saturated heterocycles. The highest BCUT2D eigenvalue weighted by molar-refractivity contribution is 7.26. The van der Waals surface area contributed by atoms with Crippen molar-refractivity contribution in [1.29, 1.82) is 5.26 Å². The van der Waals surface area contributed by atoms with Crippen molar-refractivity contribution in [3.63, 3.8) is 0 Å². The van der Waals surface area contributed by atoms with Crippen LogP contribution >= 0.6 is 11.3 Å². The number of benzene rings is 11. The molecule has 0 amide bonds. The Morgan fingerprint density at radius 2 is 1.10 bits per heavy atom. The van der Waals surface area contributed by atoms with Crippen LogP contribution in [0.15, 0.2) is 210 Å². The Balaban J connectivity index is 1.25. The van der Waals surface area contributed by atoms with Crippen LogP contribution in [0.5, 0.6) is 0 Å². The zero-order chi connectivity index (χ0) is 62.0. The number of nitrogens with zero attached hydrogens (tertiary/aromatic N) is 6. The second-order valence-corrected chi connectivity index (χ2v) is 20.7. The summed E-state index contributed by atoms with van der Waals surface area (Å²) in [4.78, 5) is 4.62. The smallest absolute Gasteiger partial charge is 0.237 e. The minimum atomic E-state index is -3.17. The molecule has 11 aromatic carbocycles. The summed E-state index contributed by atoms with van der Waals surface area (Å²) in [5.41, 5.74) is 3.11. The number of aromatic nitrogens is 4.